The van der Waals surface area contributed by atoms with Crippen LogP contribution in [-0.4, -0.2) is 6.61 Å². The fourth-order valence-electron chi connectivity index (χ4n) is 1.45. The predicted octanol–water partition coefficient (Wildman–Crippen LogP) is 2.98. The Balaban J connectivity index is 2.51. The predicted molar refractivity (Wildman–Crippen MR) is 62.8 cm³/mol. The molecule has 2 aromatic rings. The third-order valence-electron chi connectivity index (χ3n) is 2.23. The Hall–Kier alpha value is -1.32. The summed E-state index contributed by atoms with van der Waals surface area (Å²) in [5, 5.41) is 1.42. The minimum atomic E-state index is -0.358. The Morgan fingerprint density at radius 3 is 2.94 bits per heavy atom. The molecule has 4 heteroatoms. The Bertz CT molecular complexity index is 560. The summed E-state index contributed by atoms with van der Waals surface area (Å²) < 4.78 is 10.3. The van der Waals surface area contributed by atoms with Crippen molar-refractivity contribution in [2.24, 2.45) is 0 Å². The van der Waals surface area contributed by atoms with Gasteiger partial charge in [0, 0.05) is 17.0 Å². The summed E-state index contributed by atoms with van der Waals surface area (Å²) in [4.78, 5) is 11.5. The van der Waals surface area contributed by atoms with E-state index in [2.05, 4.69) is 0 Å². The van der Waals surface area contributed by atoms with E-state index in [0.717, 1.165) is 5.39 Å². The third-order valence-corrected chi connectivity index (χ3v) is 2.46. The monoisotopic (exact) mass is 238 g/mol. The Morgan fingerprint density at radius 1 is 1.38 bits per heavy atom. The molecule has 0 aliphatic carbocycles. The number of hydrogen-bond acceptors (Lipinski definition) is 3. The molecular weight excluding hydrogens is 228 g/mol. The zero-order chi connectivity index (χ0) is 11.5. The Kier molecular flexibility index (Phi) is 3.27. The smallest absolute Gasteiger partial charge is 0.341 e. The zero-order valence-corrected chi connectivity index (χ0v) is 9.58. The zero-order valence-electron chi connectivity index (χ0n) is 8.83. The highest BCUT2D eigenvalue weighted by Crippen LogP contribution is 2.18. The van der Waals surface area contributed by atoms with Crippen LogP contribution in [0.1, 0.15) is 12.5 Å². The van der Waals surface area contributed by atoms with Crippen molar-refractivity contribution < 1.29 is 9.15 Å². The van der Waals surface area contributed by atoms with E-state index in [1.807, 2.05) is 6.92 Å². The van der Waals surface area contributed by atoms with Crippen LogP contribution in [-0.2, 0) is 11.3 Å². The van der Waals surface area contributed by atoms with Gasteiger partial charge in [-0.15, -0.1) is 0 Å². The second kappa shape index (κ2) is 4.68. The molecule has 16 heavy (non-hydrogen) atoms. The van der Waals surface area contributed by atoms with Crippen LogP contribution in [0.5, 0.6) is 0 Å². The van der Waals surface area contributed by atoms with E-state index in [-0.39, 0.29) is 12.2 Å². The minimum Gasteiger partial charge on any atom is -0.422 e. The molecule has 1 heterocycles. The Morgan fingerprint density at radius 2 is 2.19 bits per heavy atom. The second-order valence-corrected chi connectivity index (χ2v) is 3.81. The first kappa shape index (κ1) is 11.2. The fraction of sp³-hybridized carbons (Fsp3) is 0.250. The fourth-order valence-corrected chi connectivity index (χ4v) is 1.63. The second-order valence-electron chi connectivity index (χ2n) is 3.38. The van der Waals surface area contributed by atoms with E-state index in [1.54, 1.807) is 24.3 Å². The normalized spacial score (nSPS) is 10.9. The molecule has 1 aromatic heterocycles. The average Bonchev–Trinajstić information content (AvgIpc) is 2.27. The van der Waals surface area contributed by atoms with E-state index in [1.165, 1.54) is 0 Å². The quantitative estimate of drug-likeness (QED) is 0.772. The molecule has 0 radical (unpaired) electrons. The number of hydrogen-bond donors (Lipinski definition) is 0. The van der Waals surface area contributed by atoms with Gasteiger partial charge < -0.3 is 9.15 Å². The molecule has 0 aliphatic rings. The van der Waals surface area contributed by atoms with Crippen molar-refractivity contribution in [1.29, 1.82) is 0 Å². The van der Waals surface area contributed by atoms with Gasteiger partial charge in [-0.1, -0.05) is 11.6 Å². The summed E-state index contributed by atoms with van der Waals surface area (Å²) in [5.41, 5.74) is 0.689. The lowest BCUT2D eigenvalue weighted by Gasteiger charge is -2.02. The summed E-state index contributed by atoms with van der Waals surface area (Å²) in [7, 11) is 0. The maximum atomic E-state index is 11.5. The first-order chi connectivity index (χ1) is 7.70. The summed E-state index contributed by atoms with van der Waals surface area (Å²) in [5.74, 6) is 0. The van der Waals surface area contributed by atoms with Crippen molar-refractivity contribution in [3.05, 3.63) is 45.3 Å². The van der Waals surface area contributed by atoms with Gasteiger partial charge >= 0.3 is 5.63 Å². The van der Waals surface area contributed by atoms with Crippen molar-refractivity contribution in [3.8, 4) is 0 Å². The van der Waals surface area contributed by atoms with Crippen molar-refractivity contribution in [3.63, 3.8) is 0 Å². The van der Waals surface area contributed by atoms with Crippen LogP contribution in [0.2, 0.25) is 5.02 Å². The first-order valence-corrected chi connectivity index (χ1v) is 5.38. The molecule has 0 unspecified atom stereocenters. The number of benzene rings is 1. The van der Waals surface area contributed by atoms with Crippen molar-refractivity contribution in [1.82, 2.24) is 0 Å². The van der Waals surface area contributed by atoms with E-state index in [9.17, 15) is 4.79 Å². The molecule has 0 amide bonds. The molecule has 0 fully saturated rings. The summed E-state index contributed by atoms with van der Waals surface area (Å²) in [6.07, 6.45) is 0. The van der Waals surface area contributed by atoms with Crippen molar-refractivity contribution in [2.45, 2.75) is 13.5 Å². The van der Waals surface area contributed by atoms with Crippen LogP contribution in [0.25, 0.3) is 11.0 Å². The number of fused-ring (bicyclic) bond motifs is 1. The average molecular weight is 239 g/mol. The van der Waals surface area contributed by atoms with Gasteiger partial charge in [0.1, 0.15) is 5.58 Å². The Labute approximate surface area is 97.6 Å². The maximum Gasteiger partial charge on any atom is 0.341 e. The van der Waals surface area contributed by atoms with E-state index < -0.39 is 0 Å². The molecule has 0 spiro atoms. The van der Waals surface area contributed by atoms with Crippen molar-refractivity contribution in [2.75, 3.05) is 6.61 Å². The lowest BCUT2D eigenvalue weighted by Crippen LogP contribution is -2.08. The van der Waals surface area contributed by atoms with Crippen LogP contribution in [0.15, 0.2) is 33.5 Å². The van der Waals surface area contributed by atoms with Crippen LogP contribution in [0.4, 0.5) is 0 Å². The summed E-state index contributed by atoms with van der Waals surface area (Å²) >= 11 is 5.86. The van der Waals surface area contributed by atoms with Gasteiger partial charge in [0.25, 0.3) is 0 Å². The van der Waals surface area contributed by atoms with Gasteiger partial charge in [-0.2, -0.15) is 0 Å². The largest absolute Gasteiger partial charge is 0.422 e. The van der Waals surface area contributed by atoms with Crippen LogP contribution >= 0.6 is 11.6 Å². The lowest BCUT2D eigenvalue weighted by molar-refractivity contribution is 0.132. The number of halogens is 1. The molecule has 0 aliphatic heterocycles. The molecular formula is C12H11ClO3. The number of ether oxygens (including phenoxy) is 1. The molecule has 1 aromatic carbocycles. The third kappa shape index (κ3) is 2.26. The number of rotatable bonds is 3. The van der Waals surface area contributed by atoms with E-state index in [0.29, 0.717) is 22.8 Å². The van der Waals surface area contributed by atoms with E-state index >= 15 is 0 Å². The molecule has 0 bridgehead atoms. The SMILES string of the molecule is CCOCc1cc2cc(Cl)ccc2oc1=O. The molecule has 2 rings (SSSR count). The molecule has 3 nitrogen and oxygen atoms in total. The highest BCUT2D eigenvalue weighted by Gasteiger charge is 2.05. The molecule has 0 saturated heterocycles. The highest BCUT2D eigenvalue weighted by molar-refractivity contribution is 6.31. The van der Waals surface area contributed by atoms with Gasteiger partial charge in [-0.25, -0.2) is 4.79 Å². The standard InChI is InChI=1S/C12H11ClO3/c1-2-15-7-9-5-8-6-10(13)3-4-11(8)16-12(9)14/h3-6H,2,7H2,1H3. The van der Waals surface area contributed by atoms with Gasteiger partial charge in [-0.05, 0) is 31.2 Å². The van der Waals surface area contributed by atoms with Gasteiger partial charge in [0.05, 0.1) is 12.2 Å². The topological polar surface area (TPSA) is 39.4 Å². The summed E-state index contributed by atoms with van der Waals surface area (Å²) in [6, 6.07) is 6.89. The molecule has 0 N–H and O–H groups in total. The lowest BCUT2D eigenvalue weighted by atomic mass is 10.2. The first-order valence-electron chi connectivity index (χ1n) is 5.00. The van der Waals surface area contributed by atoms with Crippen LogP contribution in [0.3, 0.4) is 0 Å². The summed E-state index contributed by atoms with van der Waals surface area (Å²) in [6.45, 7) is 2.70. The van der Waals surface area contributed by atoms with Gasteiger partial charge in [0.2, 0.25) is 0 Å². The van der Waals surface area contributed by atoms with Crippen LogP contribution in [0, 0.1) is 0 Å². The highest BCUT2D eigenvalue weighted by atomic mass is 35.5. The molecule has 84 valence electrons. The van der Waals surface area contributed by atoms with Crippen LogP contribution < -0.4 is 5.63 Å². The van der Waals surface area contributed by atoms with Gasteiger partial charge in [0.15, 0.2) is 0 Å². The minimum absolute atomic E-state index is 0.265. The maximum absolute atomic E-state index is 11.5. The van der Waals surface area contributed by atoms with Crippen molar-refractivity contribution >= 4 is 22.6 Å². The molecule has 0 atom stereocenters. The van der Waals surface area contributed by atoms with Gasteiger partial charge in [-0.3, -0.25) is 0 Å². The molecule has 0 saturated carbocycles. The van der Waals surface area contributed by atoms with E-state index in [4.69, 9.17) is 20.8 Å².